The summed E-state index contributed by atoms with van der Waals surface area (Å²) in [5.41, 5.74) is 14.4. The summed E-state index contributed by atoms with van der Waals surface area (Å²) in [6.07, 6.45) is 3.64. The molecule has 10 aromatic rings. The zero-order valence-electron chi connectivity index (χ0n) is 46.9. The van der Waals surface area contributed by atoms with Crippen molar-refractivity contribution in [2.45, 2.75) is 105 Å². The third-order valence-corrected chi connectivity index (χ3v) is 13.9. The number of pyridine rings is 2. The van der Waals surface area contributed by atoms with Crippen LogP contribution >= 0.6 is 15.9 Å². The van der Waals surface area contributed by atoms with Gasteiger partial charge in [-0.25, -0.2) is 29.9 Å². The van der Waals surface area contributed by atoms with Crippen molar-refractivity contribution < 1.29 is 40.2 Å². The van der Waals surface area contributed by atoms with Gasteiger partial charge in [-0.3, -0.25) is 0 Å². The molecule has 2 radical (unpaired) electrons. The van der Waals surface area contributed by atoms with Crippen molar-refractivity contribution in [2.24, 2.45) is 0 Å². The Hall–Kier alpha value is -6.58. The Bertz CT molecular complexity index is 3470. The number of halogens is 1. The molecular weight excluding hydrogens is 1390 g/mol. The Morgan fingerprint density at radius 1 is 0.316 bits per heavy atom. The Morgan fingerprint density at radius 2 is 0.608 bits per heavy atom. The molecule has 4 aromatic heterocycles. The molecule has 79 heavy (non-hydrogen) atoms. The minimum Gasteiger partial charge on any atom is -0.304 e. The molecule has 4 heterocycles. The molecule has 0 saturated carbocycles. The van der Waals surface area contributed by atoms with Gasteiger partial charge in [0.1, 0.15) is 0 Å². The van der Waals surface area contributed by atoms with Crippen molar-refractivity contribution in [3.63, 3.8) is 0 Å². The molecule has 0 spiro atoms. The molecule has 0 fully saturated rings. The molecule has 0 aliphatic heterocycles. The summed E-state index contributed by atoms with van der Waals surface area (Å²) >= 11 is 3.53. The van der Waals surface area contributed by atoms with E-state index in [0.29, 0.717) is 34.9 Å². The van der Waals surface area contributed by atoms with E-state index in [1.54, 1.807) is 0 Å². The first-order valence-corrected chi connectivity index (χ1v) is 26.9. The molecule has 10 rings (SSSR count). The van der Waals surface area contributed by atoms with Gasteiger partial charge in [0.25, 0.3) is 0 Å². The van der Waals surface area contributed by atoms with Crippen molar-refractivity contribution in [1.82, 2.24) is 39.9 Å². The number of nitrogens with zero attached hydrogens (tertiary/aromatic N) is 8. The molecule has 0 amide bonds. The summed E-state index contributed by atoms with van der Waals surface area (Å²) in [6, 6.07) is 62.1. The van der Waals surface area contributed by atoms with Crippen LogP contribution in [0.2, 0.25) is 0 Å². The molecule has 8 nitrogen and oxygen atoms in total. The monoisotopic (exact) mass is 1460 g/mol. The van der Waals surface area contributed by atoms with Crippen LogP contribution in [0.4, 0.5) is 0 Å². The van der Waals surface area contributed by atoms with E-state index in [9.17, 15) is 0 Å². The van der Waals surface area contributed by atoms with Gasteiger partial charge in [0.05, 0.1) is 0 Å². The van der Waals surface area contributed by atoms with Crippen molar-refractivity contribution in [1.29, 1.82) is 0 Å². The van der Waals surface area contributed by atoms with Gasteiger partial charge in [0.2, 0.25) is 0 Å². The van der Waals surface area contributed by atoms with Crippen LogP contribution in [0.1, 0.15) is 105 Å². The molecule has 0 atom stereocenters. The number of aromatic nitrogens is 8. The van der Waals surface area contributed by atoms with Crippen molar-refractivity contribution >= 4 is 15.9 Å². The summed E-state index contributed by atoms with van der Waals surface area (Å²) in [6.45, 7) is 26.6. The third kappa shape index (κ3) is 15.0. The summed E-state index contributed by atoms with van der Waals surface area (Å²) in [4.78, 5) is 38.7. The van der Waals surface area contributed by atoms with Crippen LogP contribution in [0.3, 0.4) is 0 Å². The third-order valence-electron chi connectivity index (χ3n) is 13.4. The number of hydrogen-bond acceptors (Lipinski definition) is 8. The molecule has 0 N–H and O–H groups in total. The fourth-order valence-electron chi connectivity index (χ4n) is 8.51. The second-order valence-electron chi connectivity index (χ2n) is 23.5. The van der Waals surface area contributed by atoms with E-state index in [-0.39, 0.29) is 61.9 Å². The van der Waals surface area contributed by atoms with Gasteiger partial charge in [-0.1, -0.05) is 225 Å². The van der Waals surface area contributed by atoms with Gasteiger partial charge in [-0.2, -0.15) is 0 Å². The maximum Gasteiger partial charge on any atom is 0.165 e. The van der Waals surface area contributed by atoms with E-state index in [4.69, 9.17) is 34.9 Å². The first kappa shape index (κ1) is 60.1. The predicted molar refractivity (Wildman–Crippen MR) is 319 cm³/mol. The van der Waals surface area contributed by atoms with Crippen LogP contribution in [-0.4, -0.2) is 39.9 Å². The van der Waals surface area contributed by atoms with Gasteiger partial charge in [0.15, 0.2) is 34.9 Å². The fourth-order valence-corrected chi connectivity index (χ4v) is 8.87. The maximum absolute atomic E-state index is 4.91. The van der Waals surface area contributed by atoms with Crippen molar-refractivity contribution in [2.75, 3.05) is 0 Å². The summed E-state index contributed by atoms with van der Waals surface area (Å²) in [5, 5.41) is 0. The molecular formula is C68H65BrIr2N8-2. The molecule has 404 valence electrons. The van der Waals surface area contributed by atoms with E-state index in [0.717, 1.165) is 60.4 Å². The van der Waals surface area contributed by atoms with Gasteiger partial charge < -0.3 is 9.97 Å². The quantitative estimate of drug-likeness (QED) is 0.139. The SMILES string of the molecule is CC(C)(C)c1ccc(-c2nc(-c3ccc(C(C)(C)C)cc3)nc(-c3ccc(-c4[c-]ccc(Br)c4)nc3)n2)cc1.CC(C)(C)c1ccc(-c2nc(-c3ccc(C(C)(C)C)cc3)nc(-c3ccc(-c4[c-]cccc4)nc3)n2)cc1.[Ir].[Ir]. The normalized spacial score (nSPS) is 11.7. The number of benzene rings is 6. The van der Waals surface area contributed by atoms with E-state index >= 15 is 0 Å². The largest absolute Gasteiger partial charge is 0.304 e. The molecule has 0 unspecified atom stereocenters. The first-order chi connectivity index (χ1) is 36.5. The second kappa shape index (κ2) is 24.8. The Morgan fingerprint density at radius 3 is 0.873 bits per heavy atom. The predicted octanol–water partition coefficient (Wildman–Crippen LogP) is 17.4. The van der Waals surface area contributed by atoms with Crippen LogP contribution in [0, 0.1) is 12.1 Å². The topological polar surface area (TPSA) is 103 Å². The van der Waals surface area contributed by atoms with Crippen LogP contribution < -0.4 is 0 Å². The summed E-state index contributed by atoms with van der Waals surface area (Å²) in [5.74, 6) is 3.75. The van der Waals surface area contributed by atoms with Gasteiger partial charge in [0, 0.05) is 86.0 Å². The zero-order chi connectivity index (χ0) is 54.7. The van der Waals surface area contributed by atoms with Gasteiger partial charge >= 0.3 is 0 Å². The fraction of sp³-hybridized carbons (Fsp3) is 0.235. The number of hydrogen-bond donors (Lipinski definition) is 0. The minimum absolute atomic E-state index is 0. The second-order valence-corrected chi connectivity index (χ2v) is 24.4. The first-order valence-electron chi connectivity index (χ1n) is 26.1. The van der Waals surface area contributed by atoms with Crippen LogP contribution in [0.25, 0.3) is 90.8 Å². The number of rotatable bonds is 8. The van der Waals surface area contributed by atoms with Gasteiger partial charge in [-0.15, -0.1) is 65.7 Å². The van der Waals surface area contributed by atoms with Crippen molar-refractivity contribution in [3.8, 4) is 90.8 Å². The molecule has 11 heteroatoms. The summed E-state index contributed by atoms with van der Waals surface area (Å²) < 4.78 is 0.990. The van der Waals surface area contributed by atoms with E-state index in [2.05, 4.69) is 213 Å². The Balaban J connectivity index is 0.000000223. The van der Waals surface area contributed by atoms with E-state index in [1.807, 2.05) is 79.1 Å². The molecule has 6 aromatic carbocycles. The standard InChI is InChI=1S/C34H32BrN4.C34H33N4.2Ir/c1-33(2,3)26-15-10-22(11-16-26)30-37-31(23-12-17-27(18-13-23)34(4,5)6)39-32(38-30)25-14-19-29(36-21-25)24-8-7-9-28(35)20-24;1-33(2,3)27-17-12-24(13-18-27)30-36-31(25-14-19-28(20-15-25)34(4,5)6)38-32(37-30)26-16-21-29(35-22-26)23-10-8-7-9-11-23;;/h7,9-21H,1-6H3;7-10,12-22H,1-6H3;;/q2*-1;;. The molecule has 0 bridgehead atoms. The van der Waals surface area contributed by atoms with Crippen LogP contribution in [-0.2, 0) is 61.9 Å². The summed E-state index contributed by atoms with van der Waals surface area (Å²) in [7, 11) is 0. The van der Waals surface area contributed by atoms with Crippen LogP contribution in [0.15, 0.2) is 181 Å². The van der Waals surface area contributed by atoms with Gasteiger partial charge in [-0.05, 0) is 55.3 Å². The molecule has 0 aliphatic carbocycles. The van der Waals surface area contributed by atoms with Crippen molar-refractivity contribution in [3.05, 3.63) is 215 Å². The Labute approximate surface area is 502 Å². The maximum atomic E-state index is 4.91. The van der Waals surface area contributed by atoms with E-state index in [1.165, 1.54) is 22.3 Å². The minimum atomic E-state index is 0. The average Bonchev–Trinajstić information content (AvgIpc) is 3.43. The Kier molecular flexibility index (Phi) is 18.9. The average molecular weight is 1460 g/mol. The molecule has 0 saturated heterocycles. The molecule has 0 aliphatic rings. The van der Waals surface area contributed by atoms with Crippen LogP contribution in [0.5, 0.6) is 0 Å². The smallest absolute Gasteiger partial charge is 0.165 e. The van der Waals surface area contributed by atoms with E-state index < -0.39 is 0 Å². The zero-order valence-corrected chi connectivity index (χ0v) is 53.2.